The van der Waals surface area contributed by atoms with E-state index in [2.05, 4.69) is 6.08 Å². The molecule has 0 heterocycles. The van der Waals surface area contributed by atoms with Gasteiger partial charge in [0.25, 0.3) is 0 Å². The summed E-state index contributed by atoms with van der Waals surface area (Å²) < 4.78 is 0. The summed E-state index contributed by atoms with van der Waals surface area (Å²) >= 11 is 0. The molecule has 2 nitrogen and oxygen atoms in total. The number of hydrogen-bond acceptors (Lipinski definition) is 2. The molecule has 2 heteroatoms. The fourth-order valence-corrected chi connectivity index (χ4v) is 1.78. The van der Waals surface area contributed by atoms with Crippen LogP contribution in [0, 0.1) is 0 Å². The molecule has 0 amide bonds. The van der Waals surface area contributed by atoms with Crippen LogP contribution in [0.4, 0.5) is 5.69 Å². The summed E-state index contributed by atoms with van der Waals surface area (Å²) in [6.07, 6.45) is 7.00. The molecule has 0 saturated heterocycles. The molecule has 72 valence electrons. The highest BCUT2D eigenvalue weighted by atomic mass is 14.6. The van der Waals surface area contributed by atoms with Gasteiger partial charge in [0.15, 0.2) is 0 Å². The monoisotopic (exact) mass is 186 g/mol. The van der Waals surface area contributed by atoms with Crippen molar-refractivity contribution in [2.24, 2.45) is 5.73 Å². The van der Waals surface area contributed by atoms with Crippen LogP contribution in [-0.4, -0.2) is 0 Å². The molecular weight excluding hydrogens is 172 g/mol. The van der Waals surface area contributed by atoms with Crippen molar-refractivity contribution >= 4 is 5.69 Å². The molecule has 4 N–H and O–H groups in total. The van der Waals surface area contributed by atoms with E-state index in [1.54, 1.807) is 0 Å². The molecule has 0 aromatic heterocycles. The molecule has 1 aliphatic rings. The molecule has 1 aromatic rings. The Labute approximate surface area is 83.9 Å². The van der Waals surface area contributed by atoms with Crippen LogP contribution in [0.2, 0.25) is 0 Å². The zero-order chi connectivity index (χ0) is 9.97. The lowest BCUT2D eigenvalue weighted by molar-refractivity contribution is 0.788. The summed E-state index contributed by atoms with van der Waals surface area (Å²) in [5, 5.41) is 0. The first kappa shape index (κ1) is 8.88. The smallest absolute Gasteiger partial charge is 0.0353 e. The van der Waals surface area contributed by atoms with Crippen LogP contribution >= 0.6 is 0 Å². The number of allylic oxidation sites excluding steroid dienone is 4. The summed E-state index contributed by atoms with van der Waals surface area (Å²) in [5.74, 6) is 0.251. The summed E-state index contributed by atoms with van der Waals surface area (Å²) in [7, 11) is 0. The maximum absolute atomic E-state index is 5.93. The summed E-state index contributed by atoms with van der Waals surface area (Å²) in [6, 6.07) is 7.90. The van der Waals surface area contributed by atoms with Gasteiger partial charge in [-0.15, -0.1) is 0 Å². The van der Waals surface area contributed by atoms with Gasteiger partial charge >= 0.3 is 0 Å². The molecule has 0 radical (unpaired) electrons. The van der Waals surface area contributed by atoms with Crippen molar-refractivity contribution in [3.63, 3.8) is 0 Å². The van der Waals surface area contributed by atoms with E-state index in [4.69, 9.17) is 11.5 Å². The third-order valence-electron chi connectivity index (χ3n) is 2.57. The van der Waals surface area contributed by atoms with Gasteiger partial charge in [0.05, 0.1) is 0 Å². The Morgan fingerprint density at radius 3 is 2.64 bits per heavy atom. The third kappa shape index (κ3) is 1.51. The molecule has 1 aliphatic carbocycles. The minimum atomic E-state index is 0.251. The van der Waals surface area contributed by atoms with Gasteiger partial charge in [-0.3, -0.25) is 0 Å². The number of hydrogen-bond donors (Lipinski definition) is 2. The van der Waals surface area contributed by atoms with Gasteiger partial charge in [-0.05, 0) is 24.1 Å². The Hall–Kier alpha value is -1.70. The van der Waals surface area contributed by atoms with Crippen molar-refractivity contribution < 1.29 is 0 Å². The molecular formula is C12H14N2. The molecule has 2 rings (SSSR count). The van der Waals surface area contributed by atoms with E-state index in [9.17, 15) is 0 Å². The molecule has 1 atom stereocenters. The lowest BCUT2D eigenvalue weighted by atomic mass is 9.89. The van der Waals surface area contributed by atoms with Crippen LogP contribution in [0.1, 0.15) is 17.9 Å². The van der Waals surface area contributed by atoms with Crippen molar-refractivity contribution in [3.8, 4) is 0 Å². The average molecular weight is 186 g/mol. The predicted molar refractivity (Wildman–Crippen MR) is 59.6 cm³/mol. The fourth-order valence-electron chi connectivity index (χ4n) is 1.78. The van der Waals surface area contributed by atoms with E-state index in [0.29, 0.717) is 0 Å². The highest BCUT2D eigenvalue weighted by Gasteiger charge is 2.16. The summed E-state index contributed by atoms with van der Waals surface area (Å²) in [5.41, 5.74) is 14.7. The molecule has 0 bridgehead atoms. The van der Waals surface area contributed by atoms with Gasteiger partial charge < -0.3 is 11.5 Å². The number of nitrogen functional groups attached to an aromatic ring is 1. The van der Waals surface area contributed by atoms with Crippen molar-refractivity contribution in [2.75, 3.05) is 5.73 Å². The molecule has 0 saturated carbocycles. The van der Waals surface area contributed by atoms with Crippen molar-refractivity contribution in [2.45, 2.75) is 12.3 Å². The van der Waals surface area contributed by atoms with Crippen LogP contribution in [0.25, 0.3) is 0 Å². The number of benzene rings is 1. The van der Waals surface area contributed by atoms with Gasteiger partial charge in [-0.2, -0.15) is 0 Å². The molecule has 1 unspecified atom stereocenters. The number of rotatable bonds is 1. The Kier molecular flexibility index (Phi) is 2.27. The maximum Gasteiger partial charge on any atom is 0.0353 e. The second kappa shape index (κ2) is 3.58. The second-order valence-corrected chi connectivity index (χ2v) is 3.51. The maximum atomic E-state index is 5.93. The predicted octanol–water partition coefficient (Wildman–Crippen LogP) is 2.15. The molecule has 1 aromatic carbocycles. The number of anilines is 1. The minimum Gasteiger partial charge on any atom is -0.402 e. The van der Waals surface area contributed by atoms with Crippen molar-refractivity contribution in [1.82, 2.24) is 0 Å². The van der Waals surface area contributed by atoms with E-state index in [0.717, 1.165) is 23.4 Å². The fraction of sp³-hybridized carbons (Fsp3) is 0.167. The Morgan fingerprint density at radius 1 is 1.14 bits per heavy atom. The van der Waals surface area contributed by atoms with E-state index < -0.39 is 0 Å². The highest BCUT2D eigenvalue weighted by molar-refractivity contribution is 5.51. The standard InChI is InChI=1S/C12H14N2/c13-11-7-3-1-5-9(11)10-6-2-4-8-12(10)14/h1-5,7-8,10H,6,13-14H2. The van der Waals surface area contributed by atoms with E-state index in [-0.39, 0.29) is 5.92 Å². The highest BCUT2D eigenvalue weighted by Crippen LogP contribution is 2.31. The van der Waals surface area contributed by atoms with Crippen LogP contribution in [0.5, 0.6) is 0 Å². The van der Waals surface area contributed by atoms with E-state index in [1.165, 1.54) is 0 Å². The SMILES string of the molecule is NC1=CC=CCC1c1ccccc1N. The van der Waals surface area contributed by atoms with Crippen LogP contribution in [0.3, 0.4) is 0 Å². The van der Waals surface area contributed by atoms with Crippen LogP contribution < -0.4 is 11.5 Å². The lowest BCUT2D eigenvalue weighted by Gasteiger charge is -2.20. The normalized spacial score (nSPS) is 20.6. The largest absolute Gasteiger partial charge is 0.402 e. The first-order valence-corrected chi connectivity index (χ1v) is 4.75. The van der Waals surface area contributed by atoms with Gasteiger partial charge in [-0.25, -0.2) is 0 Å². The van der Waals surface area contributed by atoms with Crippen LogP contribution in [0.15, 0.2) is 48.2 Å². The first-order chi connectivity index (χ1) is 6.79. The first-order valence-electron chi connectivity index (χ1n) is 4.75. The van der Waals surface area contributed by atoms with E-state index >= 15 is 0 Å². The summed E-state index contributed by atoms with van der Waals surface area (Å²) in [4.78, 5) is 0. The van der Waals surface area contributed by atoms with Gasteiger partial charge in [-0.1, -0.05) is 30.4 Å². The Bertz CT molecular complexity index is 391. The molecule has 0 fully saturated rings. The summed E-state index contributed by atoms with van der Waals surface area (Å²) in [6.45, 7) is 0. The van der Waals surface area contributed by atoms with Crippen LogP contribution in [-0.2, 0) is 0 Å². The van der Waals surface area contributed by atoms with Gasteiger partial charge in [0.2, 0.25) is 0 Å². The van der Waals surface area contributed by atoms with Gasteiger partial charge in [0, 0.05) is 17.3 Å². The topological polar surface area (TPSA) is 52.0 Å². The lowest BCUT2D eigenvalue weighted by Crippen LogP contribution is -2.13. The number of para-hydroxylation sites is 1. The molecule has 14 heavy (non-hydrogen) atoms. The molecule has 0 aliphatic heterocycles. The number of nitrogens with two attached hydrogens (primary N) is 2. The quantitative estimate of drug-likeness (QED) is 0.660. The third-order valence-corrected chi connectivity index (χ3v) is 2.57. The van der Waals surface area contributed by atoms with Crippen molar-refractivity contribution in [1.29, 1.82) is 0 Å². The van der Waals surface area contributed by atoms with Crippen molar-refractivity contribution in [3.05, 3.63) is 53.8 Å². The Balaban J connectivity index is 2.37. The Morgan fingerprint density at radius 2 is 1.93 bits per heavy atom. The minimum absolute atomic E-state index is 0.251. The van der Waals surface area contributed by atoms with E-state index in [1.807, 2.05) is 36.4 Å². The molecule has 0 spiro atoms. The zero-order valence-corrected chi connectivity index (χ0v) is 7.98. The second-order valence-electron chi connectivity index (χ2n) is 3.51. The van der Waals surface area contributed by atoms with Gasteiger partial charge in [0.1, 0.15) is 0 Å². The average Bonchev–Trinajstić information content (AvgIpc) is 2.20. The zero-order valence-electron chi connectivity index (χ0n) is 7.98.